The van der Waals surface area contributed by atoms with E-state index in [2.05, 4.69) is 4.72 Å². The molecule has 0 fully saturated rings. The van der Waals surface area contributed by atoms with Crippen LogP contribution in [0.15, 0.2) is 18.2 Å². The molecule has 0 unspecified atom stereocenters. The van der Waals surface area contributed by atoms with Crippen LogP contribution in [-0.2, 0) is 10.2 Å². The summed E-state index contributed by atoms with van der Waals surface area (Å²) in [6.45, 7) is 0.451. The summed E-state index contributed by atoms with van der Waals surface area (Å²) in [5, 5.41) is 4.98. The molecular formula is C10H14N2O4S. The largest absolute Gasteiger partial charge is 0.497 e. The van der Waals surface area contributed by atoms with Gasteiger partial charge in [0.15, 0.2) is 0 Å². The van der Waals surface area contributed by atoms with Crippen LogP contribution in [0.4, 0.5) is 0 Å². The van der Waals surface area contributed by atoms with Gasteiger partial charge in [0, 0.05) is 12.0 Å². The van der Waals surface area contributed by atoms with Crippen LogP contribution in [0.3, 0.4) is 0 Å². The summed E-state index contributed by atoms with van der Waals surface area (Å²) < 4.78 is 35.0. The van der Waals surface area contributed by atoms with E-state index in [0.29, 0.717) is 24.5 Å². The summed E-state index contributed by atoms with van der Waals surface area (Å²) in [5.74, 6) is 1.30. The van der Waals surface area contributed by atoms with E-state index in [1.54, 1.807) is 25.3 Å². The molecule has 0 saturated heterocycles. The van der Waals surface area contributed by atoms with Crippen molar-refractivity contribution in [1.82, 2.24) is 4.72 Å². The van der Waals surface area contributed by atoms with Gasteiger partial charge in [-0.1, -0.05) is 0 Å². The predicted molar refractivity (Wildman–Crippen MR) is 62.1 cm³/mol. The molecule has 1 aliphatic rings. The molecule has 0 saturated carbocycles. The number of ether oxygens (including phenoxy) is 2. The summed E-state index contributed by atoms with van der Waals surface area (Å²) in [6, 6.07) is 4.89. The van der Waals surface area contributed by atoms with E-state index in [1.165, 1.54) is 0 Å². The lowest BCUT2D eigenvalue weighted by Crippen LogP contribution is -2.36. The maximum Gasteiger partial charge on any atom is 0.274 e. The predicted octanol–water partition coefficient (Wildman–Crippen LogP) is 0.312. The molecule has 0 bridgehead atoms. The molecule has 2 rings (SSSR count). The van der Waals surface area contributed by atoms with Crippen molar-refractivity contribution in [2.45, 2.75) is 12.5 Å². The third kappa shape index (κ3) is 2.87. The van der Waals surface area contributed by atoms with E-state index in [0.717, 1.165) is 5.56 Å². The monoisotopic (exact) mass is 258 g/mol. The normalized spacial score (nSPS) is 19.3. The zero-order valence-corrected chi connectivity index (χ0v) is 10.2. The molecule has 1 atom stereocenters. The van der Waals surface area contributed by atoms with Gasteiger partial charge in [0.2, 0.25) is 0 Å². The highest BCUT2D eigenvalue weighted by atomic mass is 32.2. The molecule has 6 nitrogen and oxygen atoms in total. The lowest BCUT2D eigenvalue weighted by molar-refractivity contribution is 0.262. The Bertz CT molecular complexity index is 515. The van der Waals surface area contributed by atoms with Crippen molar-refractivity contribution in [1.29, 1.82) is 0 Å². The topological polar surface area (TPSA) is 90.6 Å². The fraction of sp³-hybridized carbons (Fsp3) is 0.400. The average molecular weight is 258 g/mol. The molecule has 1 aromatic rings. The van der Waals surface area contributed by atoms with Gasteiger partial charge < -0.3 is 9.47 Å². The molecule has 7 heteroatoms. The average Bonchev–Trinajstić information content (AvgIpc) is 2.27. The van der Waals surface area contributed by atoms with Crippen molar-refractivity contribution in [2.75, 3.05) is 13.7 Å². The molecule has 1 aliphatic heterocycles. The number of hydrogen-bond donors (Lipinski definition) is 2. The van der Waals surface area contributed by atoms with Gasteiger partial charge in [0.05, 0.1) is 19.8 Å². The number of fused-ring (bicyclic) bond motifs is 1. The van der Waals surface area contributed by atoms with E-state index in [1.807, 2.05) is 0 Å². The molecular weight excluding hydrogens is 244 g/mol. The van der Waals surface area contributed by atoms with Crippen molar-refractivity contribution in [3.63, 3.8) is 0 Å². The Balaban J connectivity index is 2.35. The second-order valence-corrected chi connectivity index (χ2v) is 5.08. The van der Waals surface area contributed by atoms with Crippen molar-refractivity contribution < 1.29 is 17.9 Å². The van der Waals surface area contributed by atoms with Gasteiger partial charge in [-0.2, -0.15) is 13.1 Å². The summed E-state index contributed by atoms with van der Waals surface area (Å²) >= 11 is 0. The van der Waals surface area contributed by atoms with Gasteiger partial charge in [-0.05, 0) is 18.2 Å². The summed E-state index contributed by atoms with van der Waals surface area (Å²) in [5.41, 5.74) is 0.740. The van der Waals surface area contributed by atoms with Crippen LogP contribution in [0.25, 0.3) is 0 Å². The zero-order valence-electron chi connectivity index (χ0n) is 9.34. The Kier molecular flexibility index (Phi) is 3.23. The standard InChI is InChI=1S/C10H14N2O4S/c1-15-7-2-3-10-8(6-7)9(4-5-16-10)12-17(11,13)14/h2-3,6,9,12H,4-5H2,1H3,(H2,11,13,14)/t9-/m0/s1. The zero-order chi connectivity index (χ0) is 12.5. The van der Waals surface area contributed by atoms with Crippen LogP contribution in [0.1, 0.15) is 18.0 Å². The Labute approximate surface area is 99.9 Å². The molecule has 0 amide bonds. The minimum atomic E-state index is -3.73. The highest BCUT2D eigenvalue weighted by Gasteiger charge is 2.24. The van der Waals surface area contributed by atoms with Crippen LogP contribution >= 0.6 is 0 Å². The van der Waals surface area contributed by atoms with Crippen LogP contribution < -0.4 is 19.3 Å². The van der Waals surface area contributed by atoms with Crippen LogP contribution in [0.5, 0.6) is 11.5 Å². The van der Waals surface area contributed by atoms with Crippen LogP contribution in [-0.4, -0.2) is 22.1 Å². The highest BCUT2D eigenvalue weighted by Crippen LogP contribution is 2.34. The molecule has 1 heterocycles. The number of hydrogen-bond acceptors (Lipinski definition) is 4. The second-order valence-electron chi connectivity index (χ2n) is 3.76. The maximum absolute atomic E-state index is 11.1. The SMILES string of the molecule is COc1ccc2c(c1)[C@@H](NS(N)(=O)=O)CCO2. The summed E-state index contributed by atoms with van der Waals surface area (Å²) in [7, 11) is -2.18. The molecule has 17 heavy (non-hydrogen) atoms. The van der Waals surface area contributed by atoms with Gasteiger partial charge in [-0.3, -0.25) is 0 Å². The molecule has 0 radical (unpaired) electrons. The third-order valence-electron chi connectivity index (χ3n) is 2.56. The Hall–Kier alpha value is -1.31. The number of methoxy groups -OCH3 is 1. The summed E-state index contributed by atoms with van der Waals surface area (Å²) in [4.78, 5) is 0. The number of nitrogens with two attached hydrogens (primary N) is 1. The fourth-order valence-electron chi connectivity index (χ4n) is 1.82. The van der Waals surface area contributed by atoms with Gasteiger partial charge in [0.25, 0.3) is 10.2 Å². The lowest BCUT2D eigenvalue weighted by Gasteiger charge is -2.26. The van der Waals surface area contributed by atoms with Gasteiger partial charge in [-0.25, -0.2) is 5.14 Å². The smallest absolute Gasteiger partial charge is 0.274 e. The van der Waals surface area contributed by atoms with Crippen molar-refractivity contribution in [3.05, 3.63) is 23.8 Å². The van der Waals surface area contributed by atoms with Gasteiger partial charge >= 0.3 is 0 Å². The quantitative estimate of drug-likeness (QED) is 0.816. The molecule has 94 valence electrons. The third-order valence-corrected chi connectivity index (χ3v) is 3.18. The molecule has 0 spiro atoms. The first-order valence-electron chi connectivity index (χ1n) is 5.10. The number of nitrogens with one attached hydrogen (secondary N) is 1. The van der Waals surface area contributed by atoms with E-state index >= 15 is 0 Å². The van der Waals surface area contributed by atoms with Crippen molar-refractivity contribution >= 4 is 10.2 Å². The first-order chi connectivity index (χ1) is 7.99. The number of benzene rings is 1. The Morgan fingerprint density at radius 3 is 2.94 bits per heavy atom. The van der Waals surface area contributed by atoms with Gasteiger partial charge in [0.1, 0.15) is 11.5 Å². The first-order valence-corrected chi connectivity index (χ1v) is 6.65. The second kappa shape index (κ2) is 4.52. The lowest BCUT2D eigenvalue weighted by atomic mass is 10.0. The van der Waals surface area contributed by atoms with Crippen molar-refractivity contribution in [3.8, 4) is 11.5 Å². The van der Waals surface area contributed by atoms with Crippen molar-refractivity contribution in [2.24, 2.45) is 5.14 Å². The fourth-order valence-corrected chi connectivity index (χ4v) is 2.46. The van der Waals surface area contributed by atoms with E-state index in [4.69, 9.17) is 14.6 Å². The maximum atomic E-state index is 11.1. The van der Waals surface area contributed by atoms with Gasteiger partial charge in [-0.15, -0.1) is 0 Å². The summed E-state index contributed by atoms with van der Waals surface area (Å²) in [6.07, 6.45) is 0.538. The molecule has 0 aromatic heterocycles. The van der Waals surface area contributed by atoms with E-state index in [9.17, 15) is 8.42 Å². The van der Waals surface area contributed by atoms with E-state index < -0.39 is 10.2 Å². The van der Waals surface area contributed by atoms with Crippen LogP contribution in [0, 0.1) is 0 Å². The van der Waals surface area contributed by atoms with Crippen LogP contribution in [0.2, 0.25) is 0 Å². The Morgan fingerprint density at radius 1 is 1.53 bits per heavy atom. The first kappa shape index (κ1) is 12.2. The minimum Gasteiger partial charge on any atom is -0.497 e. The highest BCUT2D eigenvalue weighted by molar-refractivity contribution is 7.87. The molecule has 1 aromatic carbocycles. The van der Waals surface area contributed by atoms with E-state index in [-0.39, 0.29) is 6.04 Å². The Morgan fingerprint density at radius 2 is 2.29 bits per heavy atom. The number of rotatable bonds is 3. The molecule has 3 N–H and O–H groups in total. The molecule has 0 aliphatic carbocycles. The minimum absolute atomic E-state index is 0.371.